The number of nitrogens with one attached hydrogen (secondary N) is 1. The summed E-state index contributed by atoms with van der Waals surface area (Å²) in [6.07, 6.45) is 0. The Morgan fingerprint density at radius 3 is 2.52 bits per heavy atom. The molecule has 0 radical (unpaired) electrons. The van der Waals surface area contributed by atoms with Gasteiger partial charge in [-0.2, -0.15) is 0 Å². The van der Waals surface area contributed by atoms with Crippen LogP contribution in [0.2, 0.25) is 0 Å². The van der Waals surface area contributed by atoms with E-state index < -0.39 is 0 Å². The molecule has 0 saturated carbocycles. The Kier molecular flexibility index (Phi) is 5.45. The van der Waals surface area contributed by atoms with Crippen LogP contribution in [0, 0.1) is 0 Å². The van der Waals surface area contributed by atoms with Crippen molar-refractivity contribution in [2.75, 3.05) is 20.8 Å². The second kappa shape index (κ2) is 7.54. The van der Waals surface area contributed by atoms with Gasteiger partial charge in [-0.3, -0.25) is 0 Å². The maximum absolute atomic E-state index is 5.75. The fourth-order valence-corrected chi connectivity index (χ4v) is 1.86. The predicted octanol–water partition coefficient (Wildman–Crippen LogP) is 2.38. The monoisotopic (exact) mass is 292 g/mol. The van der Waals surface area contributed by atoms with E-state index in [-0.39, 0.29) is 6.61 Å². The van der Waals surface area contributed by atoms with Crippen LogP contribution in [0.25, 0.3) is 0 Å². The van der Waals surface area contributed by atoms with Crippen LogP contribution in [0.5, 0.6) is 17.2 Å². The molecule has 1 heterocycles. The highest BCUT2D eigenvalue weighted by atomic mass is 16.5. The topological polar surface area (TPSA) is 65.8 Å². The summed E-state index contributed by atoms with van der Waals surface area (Å²) >= 11 is 0. The number of hydrogen-bond acceptors (Lipinski definition) is 6. The maximum Gasteiger partial charge on any atom is 0.203 e. The van der Waals surface area contributed by atoms with Gasteiger partial charge in [0.15, 0.2) is 17.3 Å². The summed E-state index contributed by atoms with van der Waals surface area (Å²) in [5.41, 5.74) is 0.849. The van der Waals surface area contributed by atoms with Crippen molar-refractivity contribution in [2.45, 2.75) is 20.1 Å². The molecule has 0 unspecified atom stereocenters. The van der Waals surface area contributed by atoms with Crippen molar-refractivity contribution in [3.05, 3.63) is 35.7 Å². The second-order valence-electron chi connectivity index (χ2n) is 4.35. The van der Waals surface area contributed by atoms with Gasteiger partial charge < -0.3 is 24.1 Å². The molecule has 1 aromatic heterocycles. The van der Waals surface area contributed by atoms with Crippen LogP contribution in [0.4, 0.5) is 0 Å². The van der Waals surface area contributed by atoms with Gasteiger partial charge in [0.1, 0.15) is 6.61 Å². The zero-order valence-corrected chi connectivity index (χ0v) is 12.5. The van der Waals surface area contributed by atoms with E-state index in [1.54, 1.807) is 14.2 Å². The van der Waals surface area contributed by atoms with Crippen LogP contribution in [0.3, 0.4) is 0 Å². The highest BCUT2D eigenvalue weighted by Crippen LogP contribution is 2.37. The first-order chi connectivity index (χ1) is 10.3. The Bertz CT molecular complexity index is 546. The lowest BCUT2D eigenvalue weighted by atomic mass is 10.3. The predicted molar refractivity (Wildman–Crippen MR) is 77.8 cm³/mol. The van der Waals surface area contributed by atoms with E-state index in [1.165, 1.54) is 0 Å². The third-order valence-electron chi connectivity index (χ3n) is 2.91. The Morgan fingerprint density at radius 2 is 1.90 bits per heavy atom. The Labute approximate surface area is 124 Å². The van der Waals surface area contributed by atoms with Gasteiger partial charge in [0.25, 0.3) is 0 Å². The number of para-hydroxylation sites is 1. The Balaban J connectivity index is 2.04. The lowest BCUT2D eigenvalue weighted by Crippen LogP contribution is -2.11. The van der Waals surface area contributed by atoms with Crippen molar-refractivity contribution in [3.63, 3.8) is 0 Å². The van der Waals surface area contributed by atoms with E-state index >= 15 is 0 Å². The standard InChI is InChI=1S/C15H20N2O4/c1-4-16-9-11-8-12(21-17-11)10-20-15-13(18-2)6-5-7-14(15)19-3/h5-8,16H,4,9-10H2,1-3H3. The van der Waals surface area contributed by atoms with Crippen molar-refractivity contribution in [3.8, 4) is 17.2 Å². The molecule has 0 aliphatic rings. The van der Waals surface area contributed by atoms with E-state index in [0.29, 0.717) is 29.6 Å². The molecule has 0 saturated heterocycles. The third-order valence-corrected chi connectivity index (χ3v) is 2.91. The van der Waals surface area contributed by atoms with Gasteiger partial charge in [-0.25, -0.2) is 0 Å². The number of hydrogen-bond donors (Lipinski definition) is 1. The van der Waals surface area contributed by atoms with Gasteiger partial charge in [0, 0.05) is 12.6 Å². The summed E-state index contributed by atoms with van der Waals surface area (Å²) < 4.78 is 21.5. The molecule has 114 valence electrons. The van der Waals surface area contributed by atoms with E-state index in [2.05, 4.69) is 10.5 Å². The summed E-state index contributed by atoms with van der Waals surface area (Å²) in [5.74, 6) is 2.42. The molecule has 21 heavy (non-hydrogen) atoms. The number of benzene rings is 1. The van der Waals surface area contributed by atoms with Crippen molar-refractivity contribution in [1.29, 1.82) is 0 Å². The van der Waals surface area contributed by atoms with E-state index in [4.69, 9.17) is 18.7 Å². The lowest BCUT2D eigenvalue weighted by molar-refractivity contribution is 0.228. The quantitative estimate of drug-likeness (QED) is 0.806. The largest absolute Gasteiger partial charge is 0.493 e. The minimum absolute atomic E-state index is 0.260. The molecule has 1 aromatic carbocycles. The number of aromatic nitrogens is 1. The molecule has 6 heteroatoms. The molecule has 0 fully saturated rings. The number of nitrogens with zero attached hydrogens (tertiary/aromatic N) is 1. The summed E-state index contributed by atoms with van der Waals surface area (Å²) in [6, 6.07) is 7.34. The minimum Gasteiger partial charge on any atom is -0.493 e. The van der Waals surface area contributed by atoms with Crippen LogP contribution in [0.1, 0.15) is 18.4 Å². The molecule has 0 bridgehead atoms. The maximum atomic E-state index is 5.75. The zero-order valence-electron chi connectivity index (χ0n) is 12.5. The average molecular weight is 292 g/mol. The van der Waals surface area contributed by atoms with Gasteiger partial charge >= 0.3 is 0 Å². The first-order valence-corrected chi connectivity index (χ1v) is 6.77. The average Bonchev–Trinajstić information content (AvgIpc) is 2.98. The molecule has 1 N–H and O–H groups in total. The molecule has 0 spiro atoms. The molecule has 2 rings (SSSR count). The first kappa shape index (κ1) is 15.2. The molecular weight excluding hydrogens is 272 g/mol. The highest BCUT2D eigenvalue weighted by molar-refractivity contribution is 5.51. The van der Waals surface area contributed by atoms with Gasteiger partial charge in [-0.1, -0.05) is 18.1 Å². The van der Waals surface area contributed by atoms with E-state index in [9.17, 15) is 0 Å². The van der Waals surface area contributed by atoms with E-state index in [1.807, 2.05) is 31.2 Å². The smallest absolute Gasteiger partial charge is 0.203 e. The van der Waals surface area contributed by atoms with Gasteiger partial charge in [0.05, 0.1) is 19.9 Å². The molecule has 2 aromatic rings. The van der Waals surface area contributed by atoms with Crippen LogP contribution >= 0.6 is 0 Å². The molecule has 0 amide bonds. The van der Waals surface area contributed by atoms with Crippen molar-refractivity contribution in [1.82, 2.24) is 10.5 Å². The summed E-state index contributed by atoms with van der Waals surface area (Å²) in [4.78, 5) is 0. The SMILES string of the molecule is CCNCc1cc(COc2c(OC)cccc2OC)on1. The van der Waals surface area contributed by atoms with Gasteiger partial charge in [-0.05, 0) is 18.7 Å². The van der Waals surface area contributed by atoms with Crippen molar-refractivity contribution in [2.24, 2.45) is 0 Å². The minimum atomic E-state index is 0.260. The van der Waals surface area contributed by atoms with Crippen LogP contribution in [-0.4, -0.2) is 25.9 Å². The highest BCUT2D eigenvalue weighted by Gasteiger charge is 2.13. The number of methoxy groups -OCH3 is 2. The van der Waals surface area contributed by atoms with Crippen molar-refractivity contribution < 1.29 is 18.7 Å². The Hall–Kier alpha value is -2.21. The van der Waals surface area contributed by atoms with Crippen LogP contribution in [-0.2, 0) is 13.2 Å². The number of rotatable bonds is 8. The normalized spacial score (nSPS) is 10.4. The summed E-state index contributed by atoms with van der Waals surface area (Å²) in [7, 11) is 3.18. The second-order valence-corrected chi connectivity index (χ2v) is 4.35. The third kappa shape index (κ3) is 3.88. The fraction of sp³-hybridized carbons (Fsp3) is 0.400. The summed E-state index contributed by atoms with van der Waals surface area (Å²) in [5, 5.41) is 7.16. The van der Waals surface area contributed by atoms with Gasteiger partial charge in [0.2, 0.25) is 5.75 Å². The lowest BCUT2D eigenvalue weighted by Gasteiger charge is -2.12. The fourth-order valence-electron chi connectivity index (χ4n) is 1.86. The zero-order chi connectivity index (χ0) is 15.1. The van der Waals surface area contributed by atoms with Crippen LogP contribution in [0.15, 0.2) is 28.8 Å². The van der Waals surface area contributed by atoms with E-state index in [0.717, 1.165) is 12.2 Å². The molecule has 0 aliphatic heterocycles. The van der Waals surface area contributed by atoms with Gasteiger partial charge in [-0.15, -0.1) is 0 Å². The molecule has 6 nitrogen and oxygen atoms in total. The first-order valence-electron chi connectivity index (χ1n) is 6.77. The summed E-state index contributed by atoms with van der Waals surface area (Å²) in [6.45, 7) is 3.86. The molecule has 0 atom stereocenters. The molecule has 0 aliphatic carbocycles. The van der Waals surface area contributed by atoms with Crippen molar-refractivity contribution >= 4 is 0 Å². The number of ether oxygens (including phenoxy) is 3. The molecular formula is C15H20N2O4. The Morgan fingerprint density at radius 1 is 1.19 bits per heavy atom. The van der Waals surface area contributed by atoms with Crippen LogP contribution < -0.4 is 19.5 Å².